The Hall–Kier alpha value is -3.35. The molecule has 0 saturated carbocycles. The zero-order valence-electron chi connectivity index (χ0n) is 16.7. The Morgan fingerprint density at radius 3 is 2.21 bits per heavy atom. The fourth-order valence-electron chi connectivity index (χ4n) is 2.93. The van der Waals surface area contributed by atoms with Crippen LogP contribution >= 0.6 is 0 Å². The minimum absolute atomic E-state index is 0.0775. The SMILES string of the molecule is COc1ccccc1C(=O)NC(C(=O)NCC(C(=O)O)c1ccccc1)C(C)C. The molecule has 0 saturated heterocycles. The highest BCUT2D eigenvalue weighted by Crippen LogP contribution is 2.18. The van der Waals surface area contributed by atoms with Crippen LogP contribution in [0.4, 0.5) is 0 Å². The number of rotatable bonds is 9. The highest BCUT2D eigenvalue weighted by Gasteiger charge is 2.27. The Morgan fingerprint density at radius 2 is 1.62 bits per heavy atom. The fraction of sp³-hybridized carbons (Fsp3) is 0.318. The summed E-state index contributed by atoms with van der Waals surface area (Å²) in [6.45, 7) is 3.53. The van der Waals surface area contributed by atoms with Gasteiger partial charge in [-0.25, -0.2) is 0 Å². The first-order chi connectivity index (χ1) is 13.8. The lowest BCUT2D eigenvalue weighted by molar-refractivity contribution is -0.138. The van der Waals surface area contributed by atoms with Gasteiger partial charge in [0.2, 0.25) is 5.91 Å². The molecule has 2 atom stereocenters. The summed E-state index contributed by atoms with van der Waals surface area (Å²) in [6, 6.07) is 14.6. The van der Waals surface area contributed by atoms with Crippen molar-refractivity contribution in [3.8, 4) is 5.75 Å². The van der Waals surface area contributed by atoms with Crippen molar-refractivity contribution in [3.63, 3.8) is 0 Å². The van der Waals surface area contributed by atoms with E-state index in [-0.39, 0.29) is 12.5 Å². The van der Waals surface area contributed by atoms with Gasteiger partial charge in [-0.3, -0.25) is 14.4 Å². The standard InChI is InChI=1S/C22H26N2O5/c1-14(2)19(24-20(25)16-11-7-8-12-18(16)29-3)21(26)23-13-17(22(27)28)15-9-5-4-6-10-15/h4-12,14,17,19H,13H2,1-3H3,(H,23,26)(H,24,25)(H,27,28). The van der Waals surface area contributed by atoms with Gasteiger partial charge in [-0.2, -0.15) is 0 Å². The zero-order valence-corrected chi connectivity index (χ0v) is 16.7. The third-order valence-electron chi connectivity index (χ3n) is 4.57. The lowest BCUT2D eigenvalue weighted by atomic mass is 9.98. The molecule has 154 valence electrons. The Labute approximate surface area is 170 Å². The second-order valence-electron chi connectivity index (χ2n) is 6.94. The van der Waals surface area contributed by atoms with Crippen LogP contribution in [0.1, 0.15) is 35.7 Å². The van der Waals surface area contributed by atoms with Crippen LogP contribution in [0.25, 0.3) is 0 Å². The number of amides is 2. The summed E-state index contributed by atoms with van der Waals surface area (Å²) in [5.74, 6) is -2.58. The first kappa shape index (κ1) is 21.9. The molecule has 2 rings (SSSR count). The summed E-state index contributed by atoms with van der Waals surface area (Å²) in [5, 5.41) is 14.9. The smallest absolute Gasteiger partial charge is 0.312 e. The van der Waals surface area contributed by atoms with Crippen molar-refractivity contribution in [2.24, 2.45) is 5.92 Å². The van der Waals surface area contributed by atoms with Gasteiger partial charge in [0.15, 0.2) is 0 Å². The molecule has 0 aliphatic heterocycles. The number of carboxylic acids is 1. The number of methoxy groups -OCH3 is 1. The van der Waals surface area contributed by atoms with Crippen molar-refractivity contribution >= 4 is 17.8 Å². The molecule has 0 fully saturated rings. The molecule has 2 aromatic carbocycles. The van der Waals surface area contributed by atoms with Crippen molar-refractivity contribution in [3.05, 3.63) is 65.7 Å². The van der Waals surface area contributed by atoms with E-state index in [1.165, 1.54) is 7.11 Å². The minimum Gasteiger partial charge on any atom is -0.496 e. The van der Waals surface area contributed by atoms with E-state index in [4.69, 9.17) is 4.74 Å². The Bertz CT molecular complexity index is 851. The molecule has 0 aliphatic rings. The van der Waals surface area contributed by atoms with E-state index in [1.807, 2.05) is 0 Å². The average molecular weight is 398 g/mol. The van der Waals surface area contributed by atoms with Gasteiger partial charge in [0.05, 0.1) is 18.6 Å². The largest absolute Gasteiger partial charge is 0.496 e. The number of ether oxygens (including phenoxy) is 1. The van der Waals surface area contributed by atoms with Crippen LogP contribution in [0.15, 0.2) is 54.6 Å². The summed E-state index contributed by atoms with van der Waals surface area (Å²) in [7, 11) is 1.47. The summed E-state index contributed by atoms with van der Waals surface area (Å²) in [6.07, 6.45) is 0. The molecule has 0 bridgehead atoms. The molecule has 0 aliphatic carbocycles. The minimum atomic E-state index is -1.03. The van der Waals surface area contributed by atoms with Crippen LogP contribution < -0.4 is 15.4 Å². The van der Waals surface area contributed by atoms with Gasteiger partial charge < -0.3 is 20.5 Å². The predicted octanol–water partition coefficient (Wildman–Crippen LogP) is 2.43. The Balaban J connectivity index is 2.09. The van der Waals surface area contributed by atoms with E-state index in [0.717, 1.165) is 0 Å². The topological polar surface area (TPSA) is 105 Å². The summed E-state index contributed by atoms with van der Waals surface area (Å²) in [4.78, 5) is 37.0. The molecule has 0 aromatic heterocycles. The first-order valence-electron chi connectivity index (χ1n) is 9.34. The van der Waals surface area contributed by atoms with Crippen LogP contribution in [0.5, 0.6) is 5.75 Å². The number of carboxylic acid groups (broad SMARTS) is 1. The maximum Gasteiger partial charge on any atom is 0.312 e. The highest BCUT2D eigenvalue weighted by atomic mass is 16.5. The van der Waals surface area contributed by atoms with Gasteiger partial charge in [-0.15, -0.1) is 0 Å². The van der Waals surface area contributed by atoms with Gasteiger partial charge in [0.1, 0.15) is 11.8 Å². The number of para-hydroxylation sites is 1. The van der Waals surface area contributed by atoms with Crippen LogP contribution in [0.3, 0.4) is 0 Å². The van der Waals surface area contributed by atoms with Gasteiger partial charge in [-0.1, -0.05) is 56.3 Å². The molecule has 2 unspecified atom stereocenters. The summed E-state index contributed by atoms with van der Waals surface area (Å²) >= 11 is 0. The lowest BCUT2D eigenvalue weighted by Gasteiger charge is -2.23. The molecule has 29 heavy (non-hydrogen) atoms. The van der Waals surface area contributed by atoms with Gasteiger partial charge in [0, 0.05) is 6.54 Å². The molecule has 0 radical (unpaired) electrons. The second kappa shape index (κ2) is 10.3. The van der Waals surface area contributed by atoms with Gasteiger partial charge in [-0.05, 0) is 23.6 Å². The van der Waals surface area contributed by atoms with Gasteiger partial charge >= 0.3 is 5.97 Å². The molecule has 7 heteroatoms. The molecule has 3 N–H and O–H groups in total. The van der Waals surface area contributed by atoms with Crippen LogP contribution in [0.2, 0.25) is 0 Å². The molecule has 0 heterocycles. The molecule has 2 aromatic rings. The van der Waals surface area contributed by atoms with Crippen molar-refractivity contribution < 1.29 is 24.2 Å². The molecule has 2 amide bonds. The number of aliphatic carboxylic acids is 1. The van der Waals surface area contributed by atoms with E-state index in [9.17, 15) is 19.5 Å². The maximum absolute atomic E-state index is 12.7. The molecule has 0 spiro atoms. The Morgan fingerprint density at radius 1 is 1.00 bits per heavy atom. The first-order valence-corrected chi connectivity index (χ1v) is 9.34. The number of hydrogen-bond donors (Lipinski definition) is 3. The lowest BCUT2D eigenvalue weighted by Crippen LogP contribution is -2.50. The molecular formula is C22H26N2O5. The van der Waals surface area contributed by atoms with Crippen LogP contribution in [-0.2, 0) is 9.59 Å². The van der Waals surface area contributed by atoms with E-state index in [2.05, 4.69) is 10.6 Å². The number of nitrogens with one attached hydrogen (secondary N) is 2. The van der Waals surface area contributed by atoms with Crippen LogP contribution in [0, 0.1) is 5.92 Å². The zero-order chi connectivity index (χ0) is 21.4. The number of hydrogen-bond acceptors (Lipinski definition) is 4. The normalized spacial score (nSPS) is 12.7. The van der Waals surface area contributed by atoms with Crippen molar-refractivity contribution in [2.75, 3.05) is 13.7 Å². The summed E-state index contributed by atoms with van der Waals surface area (Å²) < 4.78 is 5.20. The number of benzene rings is 2. The quantitative estimate of drug-likeness (QED) is 0.602. The van der Waals surface area contributed by atoms with Gasteiger partial charge in [0.25, 0.3) is 5.91 Å². The van der Waals surface area contributed by atoms with E-state index in [0.29, 0.717) is 16.9 Å². The van der Waals surface area contributed by atoms with E-state index < -0.39 is 29.7 Å². The van der Waals surface area contributed by atoms with Crippen LogP contribution in [-0.4, -0.2) is 42.6 Å². The van der Waals surface area contributed by atoms with E-state index in [1.54, 1.807) is 68.4 Å². The highest BCUT2D eigenvalue weighted by molar-refractivity contribution is 5.99. The maximum atomic E-state index is 12.7. The van der Waals surface area contributed by atoms with Crippen molar-refractivity contribution in [1.29, 1.82) is 0 Å². The average Bonchev–Trinajstić information content (AvgIpc) is 2.72. The predicted molar refractivity (Wildman–Crippen MR) is 109 cm³/mol. The molecular weight excluding hydrogens is 372 g/mol. The third-order valence-corrected chi connectivity index (χ3v) is 4.57. The van der Waals surface area contributed by atoms with Crippen molar-refractivity contribution in [2.45, 2.75) is 25.8 Å². The van der Waals surface area contributed by atoms with E-state index >= 15 is 0 Å². The fourth-order valence-corrected chi connectivity index (χ4v) is 2.93. The number of carbonyl (C=O) groups is 3. The Kier molecular flexibility index (Phi) is 7.77. The van der Waals surface area contributed by atoms with Crippen molar-refractivity contribution in [1.82, 2.24) is 10.6 Å². The summed E-state index contributed by atoms with van der Waals surface area (Å²) in [5.41, 5.74) is 0.917. The molecule has 7 nitrogen and oxygen atoms in total. The second-order valence-corrected chi connectivity index (χ2v) is 6.94. The monoisotopic (exact) mass is 398 g/mol. The third kappa shape index (κ3) is 5.81. The number of carbonyl (C=O) groups excluding carboxylic acids is 2.